The van der Waals surface area contributed by atoms with Crippen molar-refractivity contribution in [1.82, 2.24) is 9.88 Å². The first-order valence-corrected chi connectivity index (χ1v) is 8.17. The number of nitrogens with zero attached hydrogens (tertiary/aromatic N) is 3. The van der Waals surface area contributed by atoms with E-state index in [1.54, 1.807) is 0 Å². The lowest BCUT2D eigenvalue weighted by atomic mass is 10.2. The van der Waals surface area contributed by atoms with Crippen molar-refractivity contribution >= 4 is 33.3 Å². The molecule has 1 atom stereocenters. The Kier molecular flexibility index (Phi) is 5.48. The lowest BCUT2D eigenvalue weighted by Crippen LogP contribution is -2.49. The summed E-state index contributed by atoms with van der Waals surface area (Å²) in [5, 5.41) is 0. The molecule has 3 nitrogen and oxygen atoms in total. The number of anilines is 1. The third-order valence-corrected chi connectivity index (χ3v) is 4.60. The summed E-state index contributed by atoms with van der Waals surface area (Å²) in [7, 11) is 0. The lowest BCUT2D eigenvalue weighted by molar-refractivity contribution is 0.192. The zero-order chi connectivity index (χ0) is 13.8. The van der Waals surface area contributed by atoms with Gasteiger partial charge in [-0.3, -0.25) is 4.90 Å². The molecule has 0 bridgehead atoms. The summed E-state index contributed by atoms with van der Waals surface area (Å²) in [5.41, 5.74) is 1.10. The SMILES string of the molecule is CCC(C)N1CCN(c2ncc(Br)cc2CCl)CC1. The van der Waals surface area contributed by atoms with Crippen molar-refractivity contribution < 1.29 is 0 Å². The Morgan fingerprint density at radius 3 is 2.63 bits per heavy atom. The topological polar surface area (TPSA) is 19.4 Å². The van der Waals surface area contributed by atoms with Crippen molar-refractivity contribution in [2.24, 2.45) is 0 Å². The number of aromatic nitrogens is 1. The Hall–Kier alpha value is -0.320. The summed E-state index contributed by atoms with van der Waals surface area (Å²) < 4.78 is 0.991. The number of hydrogen-bond donors (Lipinski definition) is 0. The van der Waals surface area contributed by atoms with Crippen LogP contribution in [0.5, 0.6) is 0 Å². The second kappa shape index (κ2) is 6.91. The highest BCUT2D eigenvalue weighted by atomic mass is 79.9. The van der Waals surface area contributed by atoms with Gasteiger partial charge in [0.05, 0.1) is 5.88 Å². The molecule has 1 aromatic rings. The van der Waals surface area contributed by atoms with Gasteiger partial charge in [-0.25, -0.2) is 4.98 Å². The molecule has 0 amide bonds. The molecule has 1 aliphatic rings. The van der Waals surface area contributed by atoms with Crippen molar-refractivity contribution in [1.29, 1.82) is 0 Å². The summed E-state index contributed by atoms with van der Waals surface area (Å²) in [5.74, 6) is 1.55. The van der Waals surface area contributed by atoms with E-state index in [-0.39, 0.29) is 0 Å². The van der Waals surface area contributed by atoms with Gasteiger partial charge in [0, 0.05) is 48.5 Å². The van der Waals surface area contributed by atoms with Crippen LogP contribution in [0, 0.1) is 0 Å². The minimum absolute atomic E-state index is 0.507. The monoisotopic (exact) mass is 345 g/mol. The van der Waals surface area contributed by atoms with Crippen LogP contribution in [-0.2, 0) is 5.88 Å². The molecule has 19 heavy (non-hydrogen) atoms. The molecular formula is C14H21BrClN3. The van der Waals surface area contributed by atoms with Crippen LogP contribution in [0.1, 0.15) is 25.8 Å². The van der Waals surface area contributed by atoms with Gasteiger partial charge >= 0.3 is 0 Å². The second-order valence-electron chi connectivity index (χ2n) is 5.05. The molecule has 106 valence electrons. The second-order valence-corrected chi connectivity index (χ2v) is 6.23. The average Bonchev–Trinajstić information content (AvgIpc) is 2.46. The standard InChI is InChI=1S/C14H21BrClN3/c1-3-11(2)18-4-6-19(7-5-18)14-12(9-16)8-13(15)10-17-14/h8,10-11H,3-7,9H2,1-2H3. The zero-order valence-electron chi connectivity index (χ0n) is 11.6. The van der Waals surface area contributed by atoms with Crippen LogP contribution >= 0.6 is 27.5 Å². The molecule has 1 saturated heterocycles. The smallest absolute Gasteiger partial charge is 0.133 e. The first-order chi connectivity index (χ1) is 9.15. The molecular weight excluding hydrogens is 326 g/mol. The molecule has 0 N–H and O–H groups in total. The Balaban J connectivity index is 2.05. The number of piperazine rings is 1. The van der Waals surface area contributed by atoms with Gasteiger partial charge in [-0.05, 0) is 35.3 Å². The van der Waals surface area contributed by atoms with Crippen LogP contribution in [0.15, 0.2) is 16.7 Å². The molecule has 0 spiro atoms. The quantitative estimate of drug-likeness (QED) is 0.778. The normalized spacial score (nSPS) is 18.6. The number of hydrogen-bond acceptors (Lipinski definition) is 3. The van der Waals surface area contributed by atoms with E-state index in [0.717, 1.165) is 42.0 Å². The van der Waals surface area contributed by atoms with Gasteiger partial charge in [0.15, 0.2) is 0 Å². The largest absolute Gasteiger partial charge is 0.354 e. The third kappa shape index (κ3) is 3.61. The first-order valence-electron chi connectivity index (χ1n) is 6.85. The molecule has 2 rings (SSSR count). The predicted molar refractivity (Wildman–Crippen MR) is 85.0 cm³/mol. The highest BCUT2D eigenvalue weighted by molar-refractivity contribution is 9.10. The minimum Gasteiger partial charge on any atom is -0.354 e. The fourth-order valence-corrected chi connectivity index (χ4v) is 3.07. The van der Waals surface area contributed by atoms with Gasteiger partial charge < -0.3 is 4.90 Å². The van der Waals surface area contributed by atoms with E-state index in [1.165, 1.54) is 6.42 Å². The van der Waals surface area contributed by atoms with Gasteiger partial charge in [-0.2, -0.15) is 0 Å². The number of rotatable bonds is 4. The van der Waals surface area contributed by atoms with E-state index in [0.29, 0.717) is 11.9 Å². The van der Waals surface area contributed by atoms with Gasteiger partial charge in [0.25, 0.3) is 0 Å². The molecule has 0 saturated carbocycles. The molecule has 5 heteroatoms. The first kappa shape index (κ1) is 15.1. The fourth-order valence-electron chi connectivity index (χ4n) is 2.49. The maximum Gasteiger partial charge on any atom is 0.133 e. The highest BCUT2D eigenvalue weighted by Crippen LogP contribution is 2.24. The summed E-state index contributed by atoms with van der Waals surface area (Å²) in [4.78, 5) is 9.44. The number of halogens is 2. The van der Waals surface area contributed by atoms with E-state index in [1.807, 2.05) is 6.20 Å². The van der Waals surface area contributed by atoms with Crippen LogP contribution in [-0.4, -0.2) is 42.1 Å². The maximum atomic E-state index is 6.03. The van der Waals surface area contributed by atoms with Crippen LogP contribution < -0.4 is 4.90 Å². The average molecular weight is 347 g/mol. The van der Waals surface area contributed by atoms with Gasteiger partial charge in [0.1, 0.15) is 5.82 Å². The van der Waals surface area contributed by atoms with Gasteiger partial charge in [-0.15, -0.1) is 11.6 Å². The van der Waals surface area contributed by atoms with Crippen molar-refractivity contribution in [3.05, 3.63) is 22.3 Å². The van der Waals surface area contributed by atoms with Crippen LogP contribution in [0.3, 0.4) is 0 Å². The van der Waals surface area contributed by atoms with Gasteiger partial charge in [0.2, 0.25) is 0 Å². The number of pyridine rings is 1. The molecule has 1 unspecified atom stereocenters. The molecule has 0 aliphatic carbocycles. The van der Waals surface area contributed by atoms with E-state index >= 15 is 0 Å². The summed E-state index contributed by atoms with van der Waals surface area (Å²) in [6.07, 6.45) is 3.07. The minimum atomic E-state index is 0.507. The molecule has 0 aromatic carbocycles. The van der Waals surface area contributed by atoms with Crippen molar-refractivity contribution in [2.75, 3.05) is 31.1 Å². The van der Waals surface area contributed by atoms with Crippen LogP contribution in [0.2, 0.25) is 0 Å². The Labute approximate surface area is 129 Å². The molecule has 1 aliphatic heterocycles. The highest BCUT2D eigenvalue weighted by Gasteiger charge is 2.22. The van der Waals surface area contributed by atoms with Crippen molar-refractivity contribution in [2.45, 2.75) is 32.2 Å². The molecule has 2 heterocycles. The zero-order valence-corrected chi connectivity index (χ0v) is 13.9. The molecule has 1 fully saturated rings. The summed E-state index contributed by atoms with van der Waals surface area (Å²) >= 11 is 9.48. The van der Waals surface area contributed by atoms with Crippen molar-refractivity contribution in [3.8, 4) is 0 Å². The lowest BCUT2D eigenvalue weighted by Gasteiger charge is -2.38. The Morgan fingerprint density at radius 2 is 2.05 bits per heavy atom. The van der Waals surface area contributed by atoms with Crippen LogP contribution in [0.25, 0.3) is 0 Å². The Bertz CT molecular complexity index is 419. The summed E-state index contributed by atoms with van der Waals surface area (Å²) in [6.45, 7) is 8.82. The Morgan fingerprint density at radius 1 is 1.37 bits per heavy atom. The fraction of sp³-hybridized carbons (Fsp3) is 0.643. The maximum absolute atomic E-state index is 6.03. The summed E-state index contributed by atoms with van der Waals surface area (Å²) in [6, 6.07) is 2.74. The van der Waals surface area contributed by atoms with Gasteiger partial charge in [-0.1, -0.05) is 6.92 Å². The van der Waals surface area contributed by atoms with Crippen LogP contribution in [0.4, 0.5) is 5.82 Å². The molecule has 1 aromatic heterocycles. The third-order valence-electron chi connectivity index (χ3n) is 3.88. The predicted octanol–water partition coefficient (Wildman–Crippen LogP) is 3.50. The van der Waals surface area contributed by atoms with E-state index in [2.05, 4.69) is 50.6 Å². The number of alkyl halides is 1. The van der Waals surface area contributed by atoms with E-state index in [4.69, 9.17) is 11.6 Å². The van der Waals surface area contributed by atoms with Crippen molar-refractivity contribution in [3.63, 3.8) is 0 Å². The van der Waals surface area contributed by atoms with E-state index in [9.17, 15) is 0 Å². The molecule has 0 radical (unpaired) electrons. The van der Waals surface area contributed by atoms with E-state index < -0.39 is 0 Å².